The van der Waals surface area contributed by atoms with Gasteiger partial charge in [-0.15, -0.1) is 0 Å². The van der Waals surface area contributed by atoms with Crippen molar-refractivity contribution in [3.8, 4) is 11.9 Å². The number of hydrogen-bond acceptors (Lipinski definition) is 7. The van der Waals surface area contributed by atoms with Crippen LogP contribution in [0.4, 0.5) is 19.0 Å². The third kappa shape index (κ3) is 4.80. The first-order chi connectivity index (χ1) is 17.7. The molecule has 2 fully saturated rings. The molecule has 37 heavy (non-hydrogen) atoms. The smallest absolute Gasteiger partial charge is 0.266 e. The van der Waals surface area contributed by atoms with Crippen LogP contribution >= 0.6 is 0 Å². The molecule has 7 nitrogen and oxygen atoms in total. The Bertz CT molecular complexity index is 1370. The number of nitriles is 1. The number of nitrogens with zero attached hydrogens (tertiary/aromatic N) is 5. The van der Waals surface area contributed by atoms with Crippen LogP contribution in [0.5, 0.6) is 5.88 Å². The number of anilines is 1. The van der Waals surface area contributed by atoms with Crippen molar-refractivity contribution in [2.45, 2.75) is 63.5 Å². The Kier molecular flexibility index (Phi) is 6.67. The summed E-state index contributed by atoms with van der Waals surface area (Å²) in [6, 6.07) is 7.84. The van der Waals surface area contributed by atoms with Gasteiger partial charge < -0.3 is 15.0 Å². The van der Waals surface area contributed by atoms with Crippen LogP contribution in [0.15, 0.2) is 24.3 Å². The fourth-order valence-electron chi connectivity index (χ4n) is 5.00. The molecule has 3 heterocycles. The molecule has 0 spiro atoms. The lowest BCUT2D eigenvalue weighted by molar-refractivity contribution is 0.146. The number of aryl methyl sites for hydroxylation is 1. The molecule has 194 valence electrons. The summed E-state index contributed by atoms with van der Waals surface area (Å²) in [5.41, 5.74) is -0.137. The van der Waals surface area contributed by atoms with E-state index in [9.17, 15) is 18.4 Å². The highest BCUT2D eigenvalue weighted by atomic mass is 19.3. The maximum atomic E-state index is 14.8. The molecule has 1 saturated heterocycles. The zero-order chi connectivity index (χ0) is 26.3. The highest BCUT2D eigenvalue weighted by Crippen LogP contribution is 2.51. The predicted molar refractivity (Wildman–Crippen MR) is 133 cm³/mol. The SMILES string of the molecule is Cc1nc(N[C@H](C)c2cccc(C(F)F)c2F)c2cc(C3(C#N)CC3)c(OC[C@H]3CCCN3C)nc2n1. The van der Waals surface area contributed by atoms with Crippen molar-refractivity contribution in [1.82, 2.24) is 19.9 Å². The minimum absolute atomic E-state index is 0.103. The Morgan fingerprint density at radius 3 is 2.65 bits per heavy atom. The maximum Gasteiger partial charge on any atom is 0.266 e. The molecule has 2 atom stereocenters. The lowest BCUT2D eigenvalue weighted by atomic mass is 9.97. The van der Waals surface area contributed by atoms with Crippen molar-refractivity contribution in [2.75, 3.05) is 25.5 Å². The lowest BCUT2D eigenvalue weighted by Crippen LogP contribution is -2.31. The molecule has 1 N–H and O–H groups in total. The fraction of sp³-hybridized carbons (Fsp3) is 0.481. The number of rotatable bonds is 8. The van der Waals surface area contributed by atoms with Crippen molar-refractivity contribution >= 4 is 16.9 Å². The van der Waals surface area contributed by atoms with Crippen LogP contribution in [0, 0.1) is 24.1 Å². The van der Waals surface area contributed by atoms with E-state index in [0.29, 0.717) is 53.6 Å². The zero-order valence-corrected chi connectivity index (χ0v) is 21.1. The highest BCUT2D eigenvalue weighted by molar-refractivity contribution is 5.88. The number of nitrogens with one attached hydrogen (secondary N) is 1. The number of halogens is 3. The molecule has 0 bridgehead atoms. The molecule has 2 aliphatic rings. The van der Waals surface area contributed by atoms with E-state index in [0.717, 1.165) is 25.5 Å². The number of likely N-dealkylation sites (tertiary alicyclic amines) is 1. The van der Waals surface area contributed by atoms with Crippen LogP contribution in [0.3, 0.4) is 0 Å². The van der Waals surface area contributed by atoms with Gasteiger partial charge in [0.1, 0.15) is 24.1 Å². The monoisotopic (exact) mass is 510 g/mol. The first-order valence-electron chi connectivity index (χ1n) is 12.5. The summed E-state index contributed by atoms with van der Waals surface area (Å²) >= 11 is 0. The molecular weight excluding hydrogens is 481 g/mol. The predicted octanol–water partition coefficient (Wildman–Crippen LogP) is 5.61. The first kappa shape index (κ1) is 25.2. The molecule has 0 amide bonds. The third-order valence-electron chi connectivity index (χ3n) is 7.44. The molecule has 1 saturated carbocycles. The second-order valence-corrected chi connectivity index (χ2v) is 10.0. The molecule has 0 radical (unpaired) electrons. The van der Waals surface area contributed by atoms with Gasteiger partial charge in [0.05, 0.1) is 28.5 Å². The summed E-state index contributed by atoms with van der Waals surface area (Å²) < 4.78 is 47.5. The topological polar surface area (TPSA) is 87.0 Å². The summed E-state index contributed by atoms with van der Waals surface area (Å²) in [5, 5.41) is 13.7. The summed E-state index contributed by atoms with van der Waals surface area (Å²) in [6.45, 7) is 4.89. The van der Waals surface area contributed by atoms with Gasteiger partial charge in [0, 0.05) is 17.2 Å². The number of benzene rings is 1. The fourth-order valence-corrected chi connectivity index (χ4v) is 5.00. The summed E-state index contributed by atoms with van der Waals surface area (Å²) in [7, 11) is 2.07. The van der Waals surface area contributed by atoms with Crippen LogP contribution in [-0.4, -0.2) is 46.1 Å². The zero-order valence-electron chi connectivity index (χ0n) is 21.1. The highest BCUT2D eigenvalue weighted by Gasteiger charge is 2.48. The molecule has 3 aromatic rings. The average molecular weight is 511 g/mol. The molecule has 0 unspecified atom stereocenters. The Balaban J connectivity index is 1.53. The van der Waals surface area contributed by atoms with Crippen LogP contribution in [-0.2, 0) is 5.41 Å². The second-order valence-electron chi connectivity index (χ2n) is 10.0. The molecule has 1 aliphatic heterocycles. The summed E-state index contributed by atoms with van der Waals surface area (Å²) in [6.07, 6.45) is 0.649. The van der Waals surface area contributed by atoms with Crippen molar-refractivity contribution in [3.63, 3.8) is 0 Å². The average Bonchev–Trinajstić information content (AvgIpc) is 3.56. The number of pyridine rings is 1. The van der Waals surface area contributed by atoms with Gasteiger partial charge in [0.15, 0.2) is 5.65 Å². The number of aromatic nitrogens is 3. The minimum Gasteiger partial charge on any atom is -0.476 e. The number of fused-ring (bicyclic) bond motifs is 1. The second kappa shape index (κ2) is 9.78. The Morgan fingerprint density at radius 2 is 2.00 bits per heavy atom. The van der Waals surface area contributed by atoms with Gasteiger partial charge >= 0.3 is 0 Å². The standard InChI is InChI=1S/C27H29F3N6O/c1-15(18-7-4-8-19(22(18)28)23(29)30)32-24-20-12-21(27(14-31)9-10-27)26(35-25(20)34-16(2)33-24)37-13-17-6-5-11-36(17)3/h4,7-8,12,15,17,23H,5-6,9-11,13H2,1-3H3,(H,32,33,34,35)/t15-,17-/m1/s1. The van der Waals surface area contributed by atoms with Gasteiger partial charge in [-0.25, -0.2) is 23.1 Å². The van der Waals surface area contributed by atoms with Crippen molar-refractivity contribution in [3.05, 3.63) is 52.6 Å². The normalized spacial score (nSPS) is 19.7. The van der Waals surface area contributed by atoms with Crippen LogP contribution < -0.4 is 10.1 Å². The van der Waals surface area contributed by atoms with E-state index >= 15 is 0 Å². The maximum absolute atomic E-state index is 14.8. The van der Waals surface area contributed by atoms with Gasteiger partial charge in [-0.05, 0) is 59.2 Å². The molecule has 1 aromatic carbocycles. The largest absolute Gasteiger partial charge is 0.476 e. The number of hydrogen-bond donors (Lipinski definition) is 1. The van der Waals surface area contributed by atoms with Gasteiger partial charge in [-0.2, -0.15) is 10.2 Å². The van der Waals surface area contributed by atoms with Gasteiger partial charge in [-0.1, -0.05) is 18.2 Å². The number of alkyl halides is 2. The van der Waals surface area contributed by atoms with Crippen molar-refractivity contribution in [2.24, 2.45) is 0 Å². The van der Waals surface area contributed by atoms with E-state index in [1.54, 1.807) is 13.8 Å². The Hall–Kier alpha value is -3.45. The summed E-state index contributed by atoms with van der Waals surface area (Å²) in [4.78, 5) is 16.0. The minimum atomic E-state index is -2.91. The molecule has 2 aromatic heterocycles. The van der Waals surface area contributed by atoms with E-state index < -0.39 is 29.3 Å². The lowest BCUT2D eigenvalue weighted by Gasteiger charge is -2.22. The molecular formula is C27H29F3N6O. The van der Waals surface area contributed by atoms with Gasteiger partial charge in [0.25, 0.3) is 6.43 Å². The quantitative estimate of drug-likeness (QED) is 0.421. The summed E-state index contributed by atoms with van der Waals surface area (Å²) in [5.74, 6) is 0.286. The molecule has 10 heteroatoms. The number of likely N-dealkylation sites (N-methyl/N-ethyl adjacent to an activating group) is 1. The van der Waals surface area contributed by atoms with Crippen molar-refractivity contribution in [1.29, 1.82) is 5.26 Å². The van der Waals surface area contributed by atoms with Crippen molar-refractivity contribution < 1.29 is 17.9 Å². The van der Waals surface area contributed by atoms with Crippen LogP contribution in [0.2, 0.25) is 0 Å². The number of ether oxygens (including phenoxy) is 1. The molecule has 1 aliphatic carbocycles. The van der Waals surface area contributed by atoms with Crippen LogP contribution in [0.25, 0.3) is 11.0 Å². The van der Waals surface area contributed by atoms with E-state index in [1.807, 2.05) is 6.07 Å². The van der Waals surface area contributed by atoms with E-state index in [2.05, 4.69) is 33.3 Å². The van der Waals surface area contributed by atoms with E-state index in [-0.39, 0.29) is 11.6 Å². The Labute approximate surface area is 213 Å². The molecule has 5 rings (SSSR count). The van der Waals surface area contributed by atoms with E-state index in [1.165, 1.54) is 12.1 Å². The Morgan fingerprint density at radius 1 is 1.24 bits per heavy atom. The third-order valence-corrected chi connectivity index (χ3v) is 7.44. The first-order valence-corrected chi connectivity index (χ1v) is 12.5. The van der Waals surface area contributed by atoms with Crippen LogP contribution in [0.1, 0.15) is 67.6 Å². The van der Waals surface area contributed by atoms with Gasteiger partial charge in [0.2, 0.25) is 5.88 Å². The van der Waals surface area contributed by atoms with Gasteiger partial charge in [-0.3, -0.25) is 0 Å². The van der Waals surface area contributed by atoms with E-state index in [4.69, 9.17) is 9.72 Å².